The predicted octanol–water partition coefficient (Wildman–Crippen LogP) is 4.62. The van der Waals surface area contributed by atoms with Crippen LogP contribution in [0.5, 0.6) is 11.6 Å². The third-order valence-corrected chi connectivity index (χ3v) is 5.21. The molecular formula is C23H21N5O5. The molecule has 1 N–H and O–H groups in total. The second kappa shape index (κ2) is 9.74. The zero-order valence-electron chi connectivity index (χ0n) is 18.3. The van der Waals surface area contributed by atoms with Gasteiger partial charge in [-0.3, -0.25) is 19.5 Å². The number of nitriles is 1. The van der Waals surface area contributed by atoms with Crippen LogP contribution in [0.2, 0.25) is 0 Å². The van der Waals surface area contributed by atoms with Crippen molar-refractivity contribution in [1.82, 2.24) is 4.57 Å². The maximum absolute atomic E-state index is 13.1. The van der Waals surface area contributed by atoms with Crippen LogP contribution in [-0.4, -0.2) is 21.7 Å². The third-order valence-electron chi connectivity index (χ3n) is 5.21. The Hall–Kier alpha value is -4.52. The van der Waals surface area contributed by atoms with Crippen molar-refractivity contribution in [2.45, 2.75) is 26.8 Å². The summed E-state index contributed by atoms with van der Waals surface area (Å²) in [5, 5.41) is 39.1. The lowest BCUT2D eigenvalue weighted by Crippen LogP contribution is -2.22. The minimum Gasteiger partial charge on any atom is -0.497 e. The van der Waals surface area contributed by atoms with E-state index in [0.29, 0.717) is 17.7 Å². The van der Waals surface area contributed by atoms with E-state index in [0.717, 1.165) is 10.1 Å². The molecule has 3 aromatic rings. The molecule has 0 atom stereocenters. The van der Waals surface area contributed by atoms with E-state index in [1.807, 2.05) is 18.2 Å². The molecule has 0 amide bonds. The van der Waals surface area contributed by atoms with Crippen LogP contribution in [0.15, 0.2) is 57.5 Å². The largest absolute Gasteiger partial charge is 0.497 e. The molecule has 0 spiro atoms. The summed E-state index contributed by atoms with van der Waals surface area (Å²) in [5.41, 5.74) is 0.930. The molecule has 10 nitrogen and oxygen atoms in total. The number of pyridine rings is 1. The SMILES string of the molecule is COc1ccc(CCn2c(O)c(C#N)c(C)c(N=Nc3cc([N+](=O)[O-])ccc3C)c2=O)cc1. The van der Waals surface area contributed by atoms with E-state index in [2.05, 4.69) is 10.2 Å². The van der Waals surface area contributed by atoms with Gasteiger partial charge < -0.3 is 9.84 Å². The smallest absolute Gasteiger partial charge is 0.281 e. The maximum Gasteiger partial charge on any atom is 0.281 e. The summed E-state index contributed by atoms with van der Waals surface area (Å²) in [6, 6.07) is 13.3. The highest BCUT2D eigenvalue weighted by Gasteiger charge is 2.19. The van der Waals surface area contributed by atoms with Gasteiger partial charge >= 0.3 is 0 Å². The molecule has 0 bridgehead atoms. The number of nitrogens with zero attached hydrogens (tertiary/aromatic N) is 5. The third kappa shape index (κ3) is 4.88. The van der Waals surface area contributed by atoms with Crippen molar-refractivity contribution < 1.29 is 14.8 Å². The first-order valence-corrected chi connectivity index (χ1v) is 9.93. The number of azo groups is 1. The first kappa shape index (κ1) is 23.1. The van der Waals surface area contributed by atoms with Gasteiger partial charge in [0.15, 0.2) is 5.69 Å². The van der Waals surface area contributed by atoms with Crippen LogP contribution in [0.1, 0.15) is 22.3 Å². The van der Waals surface area contributed by atoms with E-state index in [9.17, 15) is 25.3 Å². The second-order valence-corrected chi connectivity index (χ2v) is 7.27. The van der Waals surface area contributed by atoms with Gasteiger partial charge in [0.1, 0.15) is 17.4 Å². The summed E-state index contributed by atoms with van der Waals surface area (Å²) in [4.78, 5) is 23.6. The van der Waals surface area contributed by atoms with Gasteiger partial charge in [-0.25, -0.2) is 0 Å². The first-order chi connectivity index (χ1) is 15.8. The summed E-state index contributed by atoms with van der Waals surface area (Å²) in [6.45, 7) is 3.29. The van der Waals surface area contributed by atoms with Gasteiger partial charge in [0.2, 0.25) is 5.88 Å². The monoisotopic (exact) mass is 447 g/mol. The molecule has 0 saturated carbocycles. The second-order valence-electron chi connectivity index (χ2n) is 7.27. The zero-order chi connectivity index (χ0) is 24.1. The number of non-ortho nitro benzene ring substituents is 1. The van der Waals surface area contributed by atoms with Crippen LogP contribution in [0.25, 0.3) is 0 Å². The number of nitro benzene ring substituents is 1. The highest BCUT2D eigenvalue weighted by Crippen LogP contribution is 2.29. The van der Waals surface area contributed by atoms with Crippen molar-refractivity contribution in [1.29, 1.82) is 5.26 Å². The van der Waals surface area contributed by atoms with Gasteiger partial charge in [0, 0.05) is 24.2 Å². The quantitative estimate of drug-likeness (QED) is 0.318. The van der Waals surface area contributed by atoms with Gasteiger partial charge in [0.25, 0.3) is 11.2 Å². The molecule has 10 heteroatoms. The van der Waals surface area contributed by atoms with Gasteiger partial charge in [0.05, 0.1) is 17.7 Å². The topological polar surface area (TPSA) is 143 Å². The lowest BCUT2D eigenvalue weighted by molar-refractivity contribution is -0.384. The Morgan fingerprint density at radius 3 is 2.48 bits per heavy atom. The summed E-state index contributed by atoms with van der Waals surface area (Å²) in [7, 11) is 1.56. The number of rotatable bonds is 7. The molecule has 1 aromatic heterocycles. The summed E-state index contributed by atoms with van der Waals surface area (Å²) >= 11 is 0. The standard InChI is InChI=1S/C23H21N5O5/c1-14-4-7-17(28(31)32)12-20(14)25-26-21-15(2)19(13-24)22(29)27(23(21)30)11-10-16-5-8-18(33-3)9-6-16/h4-9,12,29H,10-11H2,1-3H3. The minimum atomic E-state index is -0.621. The van der Waals surface area contributed by atoms with Crippen LogP contribution in [-0.2, 0) is 13.0 Å². The Morgan fingerprint density at radius 1 is 1.18 bits per heavy atom. The number of hydrogen-bond donors (Lipinski definition) is 1. The highest BCUT2D eigenvalue weighted by atomic mass is 16.6. The van der Waals surface area contributed by atoms with Crippen LogP contribution in [0.4, 0.5) is 17.1 Å². The van der Waals surface area contributed by atoms with E-state index in [-0.39, 0.29) is 34.7 Å². The summed E-state index contributed by atoms with van der Waals surface area (Å²) in [5.74, 6) is 0.249. The normalized spacial score (nSPS) is 10.8. The van der Waals surface area contributed by atoms with Crippen LogP contribution >= 0.6 is 0 Å². The van der Waals surface area contributed by atoms with Crippen molar-refractivity contribution in [3.05, 3.63) is 85.2 Å². The van der Waals surface area contributed by atoms with Gasteiger partial charge in [-0.1, -0.05) is 18.2 Å². The molecule has 1 heterocycles. The first-order valence-electron chi connectivity index (χ1n) is 9.93. The summed E-state index contributed by atoms with van der Waals surface area (Å²) < 4.78 is 6.20. The molecule has 168 valence electrons. The number of aryl methyl sites for hydroxylation is 2. The number of hydrogen-bond acceptors (Lipinski definition) is 8. The lowest BCUT2D eigenvalue weighted by atomic mass is 10.1. The average Bonchev–Trinajstić information content (AvgIpc) is 2.80. The molecule has 0 fully saturated rings. The molecule has 0 saturated heterocycles. The molecule has 3 rings (SSSR count). The molecular weight excluding hydrogens is 426 g/mol. The molecule has 0 unspecified atom stereocenters. The van der Waals surface area contributed by atoms with Crippen molar-refractivity contribution in [2.24, 2.45) is 10.2 Å². The molecule has 0 aliphatic heterocycles. The van der Waals surface area contributed by atoms with Crippen LogP contribution in [0, 0.1) is 35.3 Å². The number of aromatic nitrogens is 1. The van der Waals surface area contributed by atoms with Crippen LogP contribution in [0.3, 0.4) is 0 Å². The average molecular weight is 447 g/mol. The Balaban J connectivity index is 2.01. The van der Waals surface area contributed by atoms with Crippen molar-refractivity contribution >= 4 is 17.1 Å². The van der Waals surface area contributed by atoms with Gasteiger partial charge in [-0.15, -0.1) is 10.2 Å². The van der Waals surface area contributed by atoms with Crippen molar-refractivity contribution in [2.75, 3.05) is 7.11 Å². The van der Waals surface area contributed by atoms with E-state index in [1.54, 1.807) is 26.2 Å². The number of nitro groups is 1. The van der Waals surface area contributed by atoms with Crippen LogP contribution < -0.4 is 10.3 Å². The fraction of sp³-hybridized carbons (Fsp3) is 0.217. The van der Waals surface area contributed by atoms with Gasteiger partial charge in [-0.05, 0) is 43.5 Å². The zero-order valence-corrected chi connectivity index (χ0v) is 18.3. The highest BCUT2D eigenvalue weighted by molar-refractivity contribution is 5.57. The molecule has 0 aliphatic carbocycles. The predicted molar refractivity (Wildman–Crippen MR) is 121 cm³/mol. The van der Waals surface area contributed by atoms with Crippen molar-refractivity contribution in [3.63, 3.8) is 0 Å². The van der Waals surface area contributed by atoms with Gasteiger partial charge in [-0.2, -0.15) is 5.26 Å². The molecule has 0 aliphatic rings. The number of methoxy groups -OCH3 is 1. The fourth-order valence-corrected chi connectivity index (χ4v) is 3.22. The summed E-state index contributed by atoms with van der Waals surface area (Å²) in [6.07, 6.45) is 0.409. The van der Waals surface area contributed by atoms with E-state index in [1.165, 1.54) is 25.1 Å². The lowest BCUT2D eigenvalue weighted by Gasteiger charge is -2.13. The Bertz CT molecular complexity index is 1340. The molecule has 0 radical (unpaired) electrons. The van der Waals surface area contributed by atoms with Crippen molar-refractivity contribution in [3.8, 4) is 17.7 Å². The number of ether oxygens (including phenoxy) is 1. The minimum absolute atomic E-state index is 0.0888. The fourth-order valence-electron chi connectivity index (χ4n) is 3.22. The Morgan fingerprint density at radius 2 is 1.88 bits per heavy atom. The number of benzene rings is 2. The van der Waals surface area contributed by atoms with E-state index >= 15 is 0 Å². The Kier molecular flexibility index (Phi) is 6.83. The number of aromatic hydroxyl groups is 1. The van der Waals surface area contributed by atoms with E-state index < -0.39 is 16.4 Å². The molecule has 2 aromatic carbocycles. The van der Waals surface area contributed by atoms with E-state index in [4.69, 9.17) is 4.74 Å². The Labute approximate surface area is 189 Å². The maximum atomic E-state index is 13.1. The molecule has 33 heavy (non-hydrogen) atoms.